The molecule has 0 saturated carbocycles. The van der Waals surface area contributed by atoms with Gasteiger partial charge in [-0.15, -0.1) is 0 Å². The standard InChI is InChI=1S/C19H16N4O3S/c1-26-18-8-7-16(27(24,25)23-15-5-3-2-4-6-15)10-17(18)13-9-14-12-21-22-19(14)20-11-13/h2-12,23H,1H3,(H,20,21,22). The van der Waals surface area contributed by atoms with Crippen LogP contribution >= 0.6 is 0 Å². The fourth-order valence-corrected chi connectivity index (χ4v) is 3.87. The number of pyridine rings is 1. The summed E-state index contributed by atoms with van der Waals surface area (Å²) in [5.74, 6) is 0.554. The molecule has 0 spiro atoms. The molecule has 0 fully saturated rings. The molecule has 0 aliphatic rings. The van der Waals surface area contributed by atoms with E-state index in [-0.39, 0.29) is 4.90 Å². The van der Waals surface area contributed by atoms with E-state index in [2.05, 4.69) is 19.9 Å². The first-order chi connectivity index (χ1) is 13.1. The van der Waals surface area contributed by atoms with Gasteiger partial charge in [0.2, 0.25) is 0 Å². The van der Waals surface area contributed by atoms with E-state index in [1.54, 1.807) is 55.9 Å². The third kappa shape index (κ3) is 3.34. The molecule has 27 heavy (non-hydrogen) atoms. The Morgan fingerprint density at radius 2 is 1.85 bits per heavy atom. The van der Waals surface area contributed by atoms with Crippen LogP contribution in [0.4, 0.5) is 5.69 Å². The summed E-state index contributed by atoms with van der Waals surface area (Å²) in [5, 5.41) is 7.57. The lowest BCUT2D eigenvalue weighted by atomic mass is 10.1. The predicted molar refractivity (Wildman–Crippen MR) is 103 cm³/mol. The molecule has 2 aromatic carbocycles. The number of hydrogen-bond donors (Lipinski definition) is 2. The van der Waals surface area contributed by atoms with Gasteiger partial charge in [0, 0.05) is 28.4 Å². The molecule has 136 valence electrons. The first-order valence-electron chi connectivity index (χ1n) is 8.12. The minimum atomic E-state index is -3.74. The van der Waals surface area contributed by atoms with Gasteiger partial charge in [0.25, 0.3) is 10.0 Å². The zero-order valence-corrected chi connectivity index (χ0v) is 15.2. The maximum atomic E-state index is 12.8. The van der Waals surface area contributed by atoms with E-state index in [0.717, 1.165) is 10.9 Å². The average Bonchev–Trinajstić information content (AvgIpc) is 3.15. The molecule has 2 aromatic heterocycles. The quantitative estimate of drug-likeness (QED) is 0.553. The fourth-order valence-electron chi connectivity index (χ4n) is 2.78. The number of para-hydroxylation sites is 1. The highest BCUT2D eigenvalue weighted by Gasteiger charge is 2.18. The highest BCUT2D eigenvalue weighted by atomic mass is 32.2. The van der Waals surface area contributed by atoms with E-state index in [0.29, 0.717) is 22.6 Å². The minimum absolute atomic E-state index is 0.134. The molecule has 2 heterocycles. The summed E-state index contributed by atoms with van der Waals surface area (Å²) in [7, 11) is -2.20. The highest BCUT2D eigenvalue weighted by Crippen LogP contribution is 2.33. The van der Waals surface area contributed by atoms with E-state index in [9.17, 15) is 8.42 Å². The van der Waals surface area contributed by atoms with Crippen molar-refractivity contribution in [2.24, 2.45) is 0 Å². The Kier molecular flexibility index (Phi) is 4.25. The second kappa shape index (κ2) is 6.73. The van der Waals surface area contributed by atoms with Crippen molar-refractivity contribution in [3.63, 3.8) is 0 Å². The molecule has 4 rings (SSSR count). The third-order valence-corrected chi connectivity index (χ3v) is 5.49. The summed E-state index contributed by atoms with van der Waals surface area (Å²) in [5.41, 5.74) is 2.52. The smallest absolute Gasteiger partial charge is 0.261 e. The summed E-state index contributed by atoms with van der Waals surface area (Å²) in [4.78, 5) is 4.45. The molecule has 0 radical (unpaired) electrons. The first kappa shape index (κ1) is 17.0. The average molecular weight is 380 g/mol. The number of benzene rings is 2. The number of H-pyrrole nitrogens is 1. The Labute approximate surface area is 156 Å². The molecule has 0 aliphatic carbocycles. The van der Waals surface area contributed by atoms with Crippen LogP contribution in [0.1, 0.15) is 0 Å². The van der Waals surface area contributed by atoms with E-state index in [1.165, 1.54) is 6.07 Å². The monoisotopic (exact) mass is 380 g/mol. The Bertz CT molecular complexity index is 1200. The molecule has 0 saturated heterocycles. The molecule has 2 N–H and O–H groups in total. The number of rotatable bonds is 5. The molecule has 0 unspecified atom stereocenters. The predicted octanol–water partition coefficient (Wildman–Crippen LogP) is 3.43. The van der Waals surface area contributed by atoms with Crippen molar-refractivity contribution >= 4 is 26.7 Å². The van der Waals surface area contributed by atoms with Crippen LogP contribution in [-0.4, -0.2) is 30.7 Å². The van der Waals surface area contributed by atoms with Gasteiger partial charge in [0.1, 0.15) is 5.75 Å². The van der Waals surface area contributed by atoms with Crippen molar-refractivity contribution in [3.8, 4) is 16.9 Å². The lowest BCUT2D eigenvalue weighted by Gasteiger charge is -2.13. The van der Waals surface area contributed by atoms with E-state index >= 15 is 0 Å². The van der Waals surface area contributed by atoms with Crippen LogP contribution in [0.15, 0.2) is 71.9 Å². The Hall–Kier alpha value is -3.39. The molecule has 0 atom stereocenters. The number of ether oxygens (including phenoxy) is 1. The van der Waals surface area contributed by atoms with Gasteiger partial charge >= 0.3 is 0 Å². The zero-order chi connectivity index (χ0) is 18.9. The molecular formula is C19H16N4O3S. The molecule has 8 heteroatoms. The SMILES string of the molecule is COc1ccc(S(=O)(=O)Nc2ccccc2)cc1-c1cnc2[nH]ncc2c1. The number of sulfonamides is 1. The van der Waals surface area contributed by atoms with Crippen molar-refractivity contribution in [2.75, 3.05) is 11.8 Å². The number of methoxy groups -OCH3 is 1. The summed E-state index contributed by atoms with van der Waals surface area (Å²) in [6, 6.07) is 15.3. The van der Waals surface area contributed by atoms with Crippen molar-refractivity contribution in [3.05, 3.63) is 67.0 Å². The molecule has 7 nitrogen and oxygen atoms in total. The van der Waals surface area contributed by atoms with E-state index in [4.69, 9.17) is 4.74 Å². The van der Waals surface area contributed by atoms with Gasteiger partial charge in [-0.1, -0.05) is 18.2 Å². The van der Waals surface area contributed by atoms with Crippen molar-refractivity contribution in [1.82, 2.24) is 15.2 Å². The lowest BCUT2D eigenvalue weighted by Crippen LogP contribution is -2.13. The zero-order valence-electron chi connectivity index (χ0n) is 14.4. The van der Waals surface area contributed by atoms with Crippen LogP contribution in [0, 0.1) is 0 Å². The molecule has 0 amide bonds. The highest BCUT2D eigenvalue weighted by molar-refractivity contribution is 7.92. The summed E-state index contributed by atoms with van der Waals surface area (Å²) in [6.45, 7) is 0. The number of nitrogens with zero attached hydrogens (tertiary/aromatic N) is 2. The second-order valence-electron chi connectivity index (χ2n) is 5.87. The summed E-state index contributed by atoms with van der Waals surface area (Å²) in [6.07, 6.45) is 3.31. The largest absolute Gasteiger partial charge is 0.496 e. The van der Waals surface area contributed by atoms with Crippen molar-refractivity contribution < 1.29 is 13.2 Å². The number of anilines is 1. The third-order valence-electron chi connectivity index (χ3n) is 4.11. The molecule has 0 bridgehead atoms. The number of aromatic amines is 1. The van der Waals surface area contributed by atoms with Crippen molar-refractivity contribution in [1.29, 1.82) is 0 Å². The molecule has 0 aliphatic heterocycles. The summed E-state index contributed by atoms with van der Waals surface area (Å²) >= 11 is 0. The van der Waals surface area contributed by atoms with Crippen LogP contribution < -0.4 is 9.46 Å². The van der Waals surface area contributed by atoms with Crippen LogP contribution in [0.5, 0.6) is 5.75 Å². The van der Waals surface area contributed by atoms with Gasteiger partial charge in [-0.3, -0.25) is 9.82 Å². The maximum Gasteiger partial charge on any atom is 0.261 e. The van der Waals surface area contributed by atoms with Gasteiger partial charge in [-0.2, -0.15) is 5.10 Å². The van der Waals surface area contributed by atoms with Crippen LogP contribution in [0.2, 0.25) is 0 Å². The van der Waals surface area contributed by atoms with E-state index < -0.39 is 10.0 Å². The van der Waals surface area contributed by atoms with Crippen LogP contribution in [0.25, 0.3) is 22.2 Å². The van der Waals surface area contributed by atoms with Gasteiger partial charge in [0.05, 0.1) is 18.2 Å². The maximum absolute atomic E-state index is 12.8. The summed E-state index contributed by atoms with van der Waals surface area (Å²) < 4.78 is 33.5. The van der Waals surface area contributed by atoms with Crippen molar-refractivity contribution in [2.45, 2.75) is 4.90 Å². The number of hydrogen-bond acceptors (Lipinski definition) is 5. The van der Waals surface area contributed by atoms with E-state index in [1.807, 2.05) is 12.1 Å². The number of aromatic nitrogens is 3. The normalized spacial score (nSPS) is 11.4. The molecular weight excluding hydrogens is 364 g/mol. The Morgan fingerprint density at radius 3 is 2.63 bits per heavy atom. The van der Waals surface area contributed by atoms with Gasteiger partial charge in [-0.25, -0.2) is 13.4 Å². The molecule has 4 aromatic rings. The van der Waals surface area contributed by atoms with Crippen LogP contribution in [-0.2, 0) is 10.0 Å². The second-order valence-corrected chi connectivity index (χ2v) is 7.55. The van der Waals surface area contributed by atoms with Gasteiger partial charge in [-0.05, 0) is 36.4 Å². The fraction of sp³-hybridized carbons (Fsp3) is 0.0526. The Balaban J connectivity index is 1.78. The van der Waals surface area contributed by atoms with Gasteiger partial charge < -0.3 is 4.74 Å². The topological polar surface area (TPSA) is 97.0 Å². The lowest BCUT2D eigenvalue weighted by molar-refractivity contribution is 0.416. The number of fused-ring (bicyclic) bond motifs is 1. The van der Waals surface area contributed by atoms with Crippen LogP contribution in [0.3, 0.4) is 0 Å². The minimum Gasteiger partial charge on any atom is -0.496 e. The van der Waals surface area contributed by atoms with Gasteiger partial charge in [0.15, 0.2) is 5.65 Å². The number of nitrogens with one attached hydrogen (secondary N) is 2. The Morgan fingerprint density at radius 1 is 1.04 bits per heavy atom. The first-order valence-corrected chi connectivity index (χ1v) is 9.60.